The highest BCUT2D eigenvalue weighted by molar-refractivity contribution is 6.18. The first kappa shape index (κ1) is 25.8. The average molecular weight is 472 g/mol. The Balaban J connectivity index is 1.93. The second-order valence-corrected chi connectivity index (χ2v) is 9.01. The van der Waals surface area contributed by atoms with Crippen LogP contribution in [0.4, 0.5) is 5.69 Å². The Labute approximate surface area is 207 Å². The van der Waals surface area contributed by atoms with Gasteiger partial charge in [0.1, 0.15) is 6.04 Å². The zero-order valence-corrected chi connectivity index (χ0v) is 20.7. The Morgan fingerprint density at radius 3 is 2.09 bits per heavy atom. The summed E-state index contributed by atoms with van der Waals surface area (Å²) in [4.78, 5) is 29.8. The number of amides is 1. The van der Waals surface area contributed by atoms with E-state index in [9.17, 15) is 14.7 Å². The third-order valence-corrected chi connectivity index (χ3v) is 5.88. The molecule has 0 aliphatic rings. The van der Waals surface area contributed by atoms with Crippen LogP contribution in [-0.2, 0) is 9.59 Å². The molecule has 0 spiro atoms. The van der Waals surface area contributed by atoms with E-state index in [1.807, 2.05) is 106 Å². The van der Waals surface area contributed by atoms with E-state index in [1.165, 1.54) is 0 Å². The van der Waals surface area contributed by atoms with Crippen LogP contribution in [0.1, 0.15) is 56.8 Å². The Kier molecular flexibility index (Phi) is 8.55. The van der Waals surface area contributed by atoms with Crippen molar-refractivity contribution in [2.45, 2.75) is 51.7 Å². The molecule has 3 aromatic rings. The number of anilines is 1. The van der Waals surface area contributed by atoms with E-state index in [1.54, 1.807) is 6.92 Å². The van der Waals surface area contributed by atoms with Crippen LogP contribution in [0.2, 0.25) is 0 Å². The summed E-state index contributed by atoms with van der Waals surface area (Å²) < 4.78 is 0. The van der Waals surface area contributed by atoms with Gasteiger partial charge in [-0.2, -0.15) is 0 Å². The number of nitrogens with one attached hydrogen (secondary N) is 2. The van der Waals surface area contributed by atoms with Crippen molar-refractivity contribution < 1.29 is 14.7 Å². The number of carboxylic acids is 1. The summed E-state index contributed by atoms with van der Waals surface area (Å²) in [5, 5.41) is 16.1. The highest BCUT2D eigenvalue weighted by Crippen LogP contribution is 2.24. The summed E-state index contributed by atoms with van der Waals surface area (Å²) in [5.74, 6) is -1.19. The van der Waals surface area contributed by atoms with E-state index in [2.05, 4.69) is 15.6 Å². The van der Waals surface area contributed by atoms with Gasteiger partial charge in [-0.15, -0.1) is 0 Å². The molecule has 0 aliphatic heterocycles. The number of aliphatic imine (C=N–C) groups is 1. The minimum absolute atomic E-state index is 0.0329. The lowest BCUT2D eigenvalue weighted by Gasteiger charge is -2.30. The lowest BCUT2D eigenvalue weighted by atomic mass is 9.97. The lowest BCUT2D eigenvalue weighted by molar-refractivity contribution is -0.138. The van der Waals surface area contributed by atoms with Crippen molar-refractivity contribution in [3.8, 4) is 0 Å². The topological polar surface area (TPSA) is 90.8 Å². The monoisotopic (exact) mass is 471 g/mol. The van der Waals surface area contributed by atoms with Crippen LogP contribution in [0.15, 0.2) is 89.9 Å². The second-order valence-electron chi connectivity index (χ2n) is 9.01. The molecule has 3 rings (SSSR count). The summed E-state index contributed by atoms with van der Waals surface area (Å²) in [6.07, 6.45) is 0.356. The first-order chi connectivity index (χ1) is 16.7. The number of carbonyl (C=O) groups excluding carboxylic acids is 1. The largest absolute Gasteiger partial charge is 0.480 e. The molecule has 3 N–H and O–H groups in total. The third kappa shape index (κ3) is 6.64. The molecule has 6 heteroatoms. The Hall–Kier alpha value is -3.77. The smallest absolute Gasteiger partial charge is 0.328 e. The van der Waals surface area contributed by atoms with Gasteiger partial charge in [0.15, 0.2) is 0 Å². The minimum Gasteiger partial charge on any atom is -0.480 e. The number of carboxylic acid groups (broad SMARTS) is 1. The van der Waals surface area contributed by atoms with Gasteiger partial charge in [-0.05, 0) is 38.8 Å². The molecule has 0 saturated carbocycles. The van der Waals surface area contributed by atoms with Crippen molar-refractivity contribution in [2.75, 3.05) is 5.32 Å². The molecule has 182 valence electrons. The summed E-state index contributed by atoms with van der Waals surface area (Å²) in [6, 6.07) is 25.8. The normalized spacial score (nSPS) is 13.7. The molecule has 35 heavy (non-hydrogen) atoms. The highest BCUT2D eigenvalue weighted by Gasteiger charge is 2.30. The molecule has 0 saturated heterocycles. The van der Waals surface area contributed by atoms with E-state index in [4.69, 9.17) is 0 Å². The average Bonchev–Trinajstić information content (AvgIpc) is 2.86. The first-order valence-electron chi connectivity index (χ1n) is 11.8. The molecule has 0 aliphatic carbocycles. The van der Waals surface area contributed by atoms with Crippen molar-refractivity contribution in [1.29, 1.82) is 0 Å². The van der Waals surface area contributed by atoms with Gasteiger partial charge in [-0.1, -0.05) is 85.8 Å². The zero-order valence-electron chi connectivity index (χ0n) is 20.7. The Morgan fingerprint density at radius 2 is 1.49 bits per heavy atom. The first-order valence-corrected chi connectivity index (χ1v) is 11.8. The summed E-state index contributed by atoms with van der Waals surface area (Å²) in [7, 11) is 0. The number of aliphatic carboxylic acids is 1. The zero-order chi connectivity index (χ0) is 25.4. The molecule has 0 aromatic heterocycles. The third-order valence-electron chi connectivity index (χ3n) is 5.88. The van der Waals surface area contributed by atoms with E-state index < -0.39 is 17.6 Å². The van der Waals surface area contributed by atoms with Crippen LogP contribution in [-0.4, -0.2) is 34.3 Å². The second kappa shape index (κ2) is 11.6. The van der Waals surface area contributed by atoms with Gasteiger partial charge in [-0.3, -0.25) is 15.1 Å². The maximum atomic E-state index is 13.4. The molecule has 0 fully saturated rings. The van der Waals surface area contributed by atoms with Crippen molar-refractivity contribution in [3.05, 3.63) is 102 Å². The van der Waals surface area contributed by atoms with Crippen LogP contribution in [0.3, 0.4) is 0 Å². The molecule has 0 radical (unpaired) electrons. The maximum Gasteiger partial charge on any atom is 0.328 e. The van der Waals surface area contributed by atoms with Crippen molar-refractivity contribution in [2.24, 2.45) is 4.99 Å². The number of hydrogen-bond acceptors (Lipinski definition) is 4. The van der Waals surface area contributed by atoms with Crippen LogP contribution in [0, 0.1) is 0 Å². The molecular weight excluding hydrogens is 438 g/mol. The van der Waals surface area contributed by atoms with E-state index in [-0.39, 0.29) is 11.9 Å². The van der Waals surface area contributed by atoms with Gasteiger partial charge in [0.25, 0.3) is 0 Å². The van der Waals surface area contributed by atoms with Gasteiger partial charge in [-0.25, -0.2) is 4.79 Å². The summed E-state index contributed by atoms with van der Waals surface area (Å²) in [6.45, 7) is 7.50. The number of carbonyl (C=O) groups is 2. The fraction of sp³-hybridized carbons (Fsp3) is 0.276. The van der Waals surface area contributed by atoms with Gasteiger partial charge < -0.3 is 10.4 Å². The molecule has 2 atom stereocenters. The van der Waals surface area contributed by atoms with Gasteiger partial charge in [0.2, 0.25) is 5.91 Å². The molecule has 0 bridgehead atoms. The summed E-state index contributed by atoms with van der Waals surface area (Å²) >= 11 is 0. The van der Waals surface area contributed by atoms with E-state index in [0.717, 1.165) is 11.1 Å². The van der Waals surface area contributed by atoms with Crippen LogP contribution < -0.4 is 10.6 Å². The molecule has 0 unspecified atom stereocenters. The molecule has 6 nitrogen and oxygen atoms in total. The van der Waals surface area contributed by atoms with Gasteiger partial charge >= 0.3 is 5.97 Å². The molecular formula is C29H33N3O3. The number of rotatable bonds is 10. The van der Waals surface area contributed by atoms with Crippen molar-refractivity contribution in [1.82, 2.24) is 5.32 Å². The maximum absolute atomic E-state index is 13.4. The SMILES string of the molecule is CC[C@H](N=C(c1ccccc1)c1ccccc1NC(=O)C(C)(C)N[C@H](C)c1ccccc1)C(=O)O. The number of nitrogens with zero attached hydrogens (tertiary/aromatic N) is 1. The van der Waals surface area contributed by atoms with Gasteiger partial charge in [0.05, 0.1) is 16.9 Å². The number of para-hydroxylation sites is 1. The minimum atomic E-state index is -0.984. The van der Waals surface area contributed by atoms with Crippen LogP contribution in [0.25, 0.3) is 0 Å². The van der Waals surface area contributed by atoms with Gasteiger partial charge in [0, 0.05) is 17.2 Å². The molecule has 3 aromatic carbocycles. The number of hydrogen-bond donors (Lipinski definition) is 3. The van der Waals surface area contributed by atoms with E-state index in [0.29, 0.717) is 23.4 Å². The quantitative estimate of drug-likeness (QED) is 0.343. The molecule has 0 heterocycles. The number of benzene rings is 3. The Morgan fingerprint density at radius 1 is 0.914 bits per heavy atom. The van der Waals surface area contributed by atoms with E-state index >= 15 is 0 Å². The van der Waals surface area contributed by atoms with Crippen molar-refractivity contribution in [3.63, 3.8) is 0 Å². The summed E-state index contributed by atoms with van der Waals surface area (Å²) in [5.41, 5.74) is 2.76. The standard InChI is InChI=1S/C29H33N3O3/c1-5-24(27(33)34)30-26(22-16-10-7-11-17-22)23-18-12-13-19-25(23)31-28(35)29(3,4)32-20(2)21-14-8-6-9-15-21/h6-20,24,32H,5H2,1-4H3,(H,31,35)(H,33,34)/t20-,24+/m1/s1. The molecule has 1 amide bonds. The lowest BCUT2D eigenvalue weighted by Crippen LogP contribution is -2.50. The predicted octanol–water partition coefficient (Wildman–Crippen LogP) is 5.46. The van der Waals surface area contributed by atoms with Crippen LogP contribution >= 0.6 is 0 Å². The predicted molar refractivity (Wildman–Crippen MR) is 141 cm³/mol. The Bertz CT molecular complexity index is 1170. The highest BCUT2D eigenvalue weighted by atomic mass is 16.4. The fourth-order valence-corrected chi connectivity index (χ4v) is 3.88. The van der Waals surface area contributed by atoms with Crippen LogP contribution in [0.5, 0.6) is 0 Å². The fourth-order valence-electron chi connectivity index (χ4n) is 3.88. The van der Waals surface area contributed by atoms with Crippen molar-refractivity contribution >= 4 is 23.3 Å².